The maximum Gasteiger partial charge on any atom is 0.325 e. The summed E-state index contributed by atoms with van der Waals surface area (Å²) in [7, 11) is -3.85. The fourth-order valence-corrected chi connectivity index (χ4v) is 4.38. The standard InChI is InChI=1S/C12H19NO5S/c1-5-12(6-2,11(14)15)19(16,17)7-10-8(3)13-18-9(10)4/h5-7H2,1-4H3,(H,14,15). The minimum atomic E-state index is -3.85. The molecular formula is C12H19NO5S. The number of carboxylic acids is 1. The molecule has 0 aromatic carbocycles. The number of aliphatic carboxylic acids is 1. The molecule has 0 aliphatic carbocycles. The van der Waals surface area contributed by atoms with Crippen LogP contribution in [-0.2, 0) is 20.4 Å². The van der Waals surface area contributed by atoms with Gasteiger partial charge in [-0.3, -0.25) is 4.79 Å². The van der Waals surface area contributed by atoms with Crippen LogP contribution >= 0.6 is 0 Å². The highest BCUT2D eigenvalue weighted by Crippen LogP contribution is 2.31. The molecule has 0 amide bonds. The first kappa shape index (κ1) is 15.7. The number of carbonyl (C=O) groups is 1. The average Bonchev–Trinajstić information content (AvgIpc) is 2.62. The van der Waals surface area contributed by atoms with Gasteiger partial charge in [0.2, 0.25) is 0 Å². The highest BCUT2D eigenvalue weighted by atomic mass is 32.2. The predicted molar refractivity (Wildman–Crippen MR) is 69.5 cm³/mol. The Labute approximate surface area is 112 Å². The first-order valence-corrected chi connectivity index (χ1v) is 7.74. The Kier molecular flexibility index (Phi) is 4.39. The van der Waals surface area contributed by atoms with Crippen LogP contribution in [0, 0.1) is 13.8 Å². The van der Waals surface area contributed by atoms with Crippen molar-refractivity contribution in [3.05, 3.63) is 17.0 Å². The number of hydrogen-bond donors (Lipinski definition) is 1. The van der Waals surface area contributed by atoms with Crippen LogP contribution in [0.15, 0.2) is 4.52 Å². The zero-order valence-electron chi connectivity index (χ0n) is 11.6. The molecule has 1 aromatic rings. The Morgan fingerprint density at radius 1 is 1.32 bits per heavy atom. The summed E-state index contributed by atoms with van der Waals surface area (Å²) in [4.78, 5) is 11.4. The topological polar surface area (TPSA) is 97.5 Å². The van der Waals surface area contributed by atoms with Gasteiger partial charge in [-0.2, -0.15) is 0 Å². The molecule has 0 aliphatic rings. The van der Waals surface area contributed by atoms with Gasteiger partial charge in [0.1, 0.15) is 5.76 Å². The first-order chi connectivity index (χ1) is 8.71. The van der Waals surface area contributed by atoms with Crippen LogP contribution in [-0.4, -0.2) is 29.4 Å². The normalized spacial score (nSPS) is 12.6. The smallest absolute Gasteiger partial charge is 0.325 e. The van der Waals surface area contributed by atoms with Crippen LogP contribution in [0.1, 0.15) is 43.7 Å². The summed E-state index contributed by atoms with van der Waals surface area (Å²) in [6.07, 6.45) is 0.0646. The molecule has 0 radical (unpaired) electrons. The molecule has 1 aromatic heterocycles. The fraction of sp³-hybridized carbons (Fsp3) is 0.667. The molecule has 0 spiro atoms. The number of hydrogen-bond acceptors (Lipinski definition) is 5. The molecule has 6 nitrogen and oxygen atoms in total. The third kappa shape index (κ3) is 2.51. The highest BCUT2D eigenvalue weighted by molar-refractivity contribution is 7.92. The number of nitrogens with zero attached hydrogens (tertiary/aromatic N) is 1. The molecule has 0 saturated carbocycles. The summed E-state index contributed by atoms with van der Waals surface area (Å²) in [5, 5.41) is 13.0. The number of carboxylic acid groups (broad SMARTS) is 1. The van der Waals surface area contributed by atoms with Crippen molar-refractivity contribution in [3.63, 3.8) is 0 Å². The van der Waals surface area contributed by atoms with Crippen LogP contribution in [0.3, 0.4) is 0 Å². The molecular weight excluding hydrogens is 270 g/mol. The monoisotopic (exact) mass is 289 g/mol. The van der Waals surface area contributed by atoms with Gasteiger partial charge in [-0.05, 0) is 26.7 Å². The van der Waals surface area contributed by atoms with Gasteiger partial charge in [0.05, 0.1) is 11.4 Å². The van der Waals surface area contributed by atoms with Gasteiger partial charge < -0.3 is 9.63 Å². The lowest BCUT2D eigenvalue weighted by Crippen LogP contribution is -2.46. The van der Waals surface area contributed by atoms with Crippen molar-refractivity contribution in [3.8, 4) is 0 Å². The lowest BCUT2D eigenvalue weighted by atomic mass is 10.0. The lowest BCUT2D eigenvalue weighted by molar-refractivity contribution is -0.140. The van der Waals surface area contributed by atoms with Crippen molar-refractivity contribution in [2.24, 2.45) is 0 Å². The molecule has 0 fully saturated rings. The van der Waals surface area contributed by atoms with E-state index in [1.165, 1.54) is 0 Å². The molecule has 1 heterocycles. The molecule has 1 rings (SSSR count). The van der Waals surface area contributed by atoms with E-state index in [1.54, 1.807) is 27.7 Å². The van der Waals surface area contributed by atoms with E-state index < -0.39 is 20.6 Å². The molecule has 0 atom stereocenters. The van der Waals surface area contributed by atoms with Crippen LogP contribution < -0.4 is 0 Å². The molecule has 0 unspecified atom stereocenters. The third-order valence-electron chi connectivity index (χ3n) is 3.64. The van der Waals surface area contributed by atoms with E-state index in [0.29, 0.717) is 17.0 Å². The molecule has 0 saturated heterocycles. The van der Waals surface area contributed by atoms with E-state index in [1.807, 2.05) is 0 Å². The Hall–Kier alpha value is -1.37. The second-order valence-electron chi connectivity index (χ2n) is 4.57. The van der Waals surface area contributed by atoms with Gasteiger partial charge in [0, 0.05) is 5.56 Å². The van der Waals surface area contributed by atoms with E-state index in [4.69, 9.17) is 4.52 Å². The largest absolute Gasteiger partial charge is 0.480 e. The summed E-state index contributed by atoms with van der Waals surface area (Å²) < 4.78 is 28.1. The molecule has 7 heteroatoms. The Morgan fingerprint density at radius 3 is 2.16 bits per heavy atom. The van der Waals surface area contributed by atoms with Gasteiger partial charge in [-0.25, -0.2) is 8.42 Å². The summed E-state index contributed by atoms with van der Waals surface area (Å²) in [5.74, 6) is -1.25. The second kappa shape index (κ2) is 5.32. The minimum absolute atomic E-state index is 0.0323. The number of rotatable bonds is 6. The van der Waals surface area contributed by atoms with Crippen molar-refractivity contribution < 1.29 is 22.8 Å². The fourth-order valence-electron chi connectivity index (χ4n) is 2.16. The van der Waals surface area contributed by atoms with Crippen molar-refractivity contribution >= 4 is 15.8 Å². The molecule has 19 heavy (non-hydrogen) atoms. The predicted octanol–water partition coefficient (Wildman–Crippen LogP) is 1.85. The lowest BCUT2D eigenvalue weighted by Gasteiger charge is -2.26. The van der Waals surface area contributed by atoms with Crippen LogP contribution in [0.25, 0.3) is 0 Å². The summed E-state index contributed by atoms with van der Waals surface area (Å²) in [6.45, 7) is 6.40. The molecule has 1 N–H and O–H groups in total. The van der Waals surface area contributed by atoms with Gasteiger partial charge in [-0.15, -0.1) is 0 Å². The number of aromatic nitrogens is 1. The van der Waals surface area contributed by atoms with Gasteiger partial charge in [0.15, 0.2) is 14.6 Å². The number of sulfone groups is 1. The summed E-state index contributed by atoms with van der Waals surface area (Å²) >= 11 is 0. The SMILES string of the molecule is CCC(CC)(C(=O)O)S(=O)(=O)Cc1c(C)noc1C. The van der Waals surface area contributed by atoms with Crippen molar-refractivity contribution in [2.75, 3.05) is 0 Å². The van der Waals surface area contributed by atoms with Gasteiger partial charge in [-0.1, -0.05) is 19.0 Å². The van der Waals surface area contributed by atoms with E-state index in [2.05, 4.69) is 5.16 Å². The van der Waals surface area contributed by atoms with E-state index in [-0.39, 0.29) is 18.6 Å². The average molecular weight is 289 g/mol. The maximum absolute atomic E-state index is 12.5. The van der Waals surface area contributed by atoms with Crippen LogP contribution in [0.4, 0.5) is 0 Å². The Bertz CT molecular complexity index is 549. The third-order valence-corrected chi connectivity index (χ3v) is 6.25. The van der Waals surface area contributed by atoms with E-state index in [0.717, 1.165) is 0 Å². The minimum Gasteiger partial charge on any atom is -0.480 e. The Morgan fingerprint density at radius 2 is 1.84 bits per heavy atom. The quantitative estimate of drug-likeness (QED) is 0.858. The van der Waals surface area contributed by atoms with Crippen molar-refractivity contribution in [1.29, 1.82) is 0 Å². The van der Waals surface area contributed by atoms with Gasteiger partial charge in [0.25, 0.3) is 0 Å². The zero-order valence-corrected chi connectivity index (χ0v) is 12.4. The molecule has 0 aliphatic heterocycles. The highest BCUT2D eigenvalue weighted by Gasteiger charge is 2.48. The first-order valence-electron chi connectivity index (χ1n) is 6.09. The molecule has 0 bridgehead atoms. The second-order valence-corrected chi connectivity index (χ2v) is 6.87. The van der Waals surface area contributed by atoms with Crippen LogP contribution in [0.5, 0.6) is 0 Å². The molecule has 108 valence electrons. The maximum atomic E-state index is 12.5. The summed E-state index contributed by atoms with van der Waals surface area (Å²) in [6, 6.07) is 0. The van der Waals surface area contributed by atoms with Crippen LogP contribution in [0.2, 0.25) is 0 Å². The number of aryl methyl sites for hydroxylation is 2. The van der Waals surface area contributed by atoms with E-state index in [9.17, 15) is 18.3 Å². The zero-order chi connectivity index (χ0) is 14.8. The van der Waals surface area contributed by atoms with Crippen molar-refractivity contribution in [2.45, 2.75) is 51.0 Å². The Balaban J connectivity index is 3.28. The summed E-state index contributed by atoms with van der Waals surface area (Å²) in [5.41, 5.74) is 0.931. The van der Waals surface area contributed by atoms with Crippen molar-refractivity contribution in [1.82, 2.24) is 5.16 Å². The van der Waals surface area contributed by atoms with Gasteiger partial charge >= 0.3 is 5.97 Å². The van der Waals surface area contributed by atoms with E-state index >= 15 is 0 Å².